The third-order valence-corrected chi connectivity index (χ3v) is 3.04. The van der Waals surface area contributed by atoms with E-state index in [1.165, 1.54) is 37.9 Å². The summed E-state index contributed by atoms with van der Waals surface area (Å²) in [6.45, 7) is 2.40. The Bertz CT molecular complexity index is 312. The number of rotatable bonds is 0. The molecule has 2 nitrogen and oxygen atoms in total. The van der Waals surface area contributed by atoms with E-state index in [4.69, 9.17) is 0 Å². The maximum Gasteiger partial charge on any atom is 0.0556 e. The van der Waals surface area contributed by atoms with Crippen LogP contribution >= 0.6 is 0 Å². The Balaban J connectivity index is 2.14. The summed E-state index contributed by atoms with van der Waals surface area (Å²) in [5.74, 6) is 0. The van der Waals surface area contributed by atoms with E-state index >= 15 is 0 Å². The first kappa shape index (κ1) is 6.58. The third kappa shape index (κ3) is 0.752. The summed E-state index contributed by atoms with van der Waals surface area (Å²) >= 11 is 0. The van der Waals surface area contributed by atoms with Crippen molar-refractivity contribution in [1.29, 1.82) is 0 Å². The topological polar surface area (TPSA) is 17.0 Å². The lowest BCUT2D eigenvalue weighted by Crippen LogP contribution is -2.12. The van der Waals surface area contributed by atoms with Gasteiger partial charge in [0.1, 0.15) is 0 Å². The molecule has 12 heavy (non-hydrogen) atoms. The van der Waals surface area contributed by atoms with Gasteiger partial charge in [-0.1, -0.05) is 0 Å². The summed E-state index contributed by atoms with van der Waals surface area (Å²) < 4.78 is 2.53. The fraction of sp³-hybridized carbons (Fsp3) is 0.600. The van der Waals surface area contributed by atoms with Gasteiger partial charge in [-0.3, -0.25) is 0 Å². The molecule has 0 spiro atoms. The zero-order valence-electron chi connectivity index (χ0n) is 7.27. The predicted molar refractivity (Wildman–Crippen MR) is 49.6 cm³/mol. The molecule has 1 N–H and O–H groups in total. The molecule has 0 aliphatic carbocycles. The second-order valence-electron chi connectivity index (χ2n) is 3.78. The van der Waals surface area contributed by atoms with E-state index in [1.807, 2.05) is 0 Å². The van der Waals surface area contributed by atoms with Gasteiger partial charge in [0.05, 0.1) is 5.69 Å². The Morgan fingerprint density at radius 2 is 2.25 bits per heavy atom. The Hall–Kier alpha value is -0.920. The van der Waals surface area contributed by atoms with E-state index in [9.17, 15) is 0 Å². The number of anilines is 1. The van der Waals surface area contributed by atoms with E-state index in [0.717, 1.165) is 6.54 Å². The molecule has 0 atom stereocenters. The van der Waals surface area contributed by atoms with Crippen molar-refractivity contribution in [1.82, 2.24) is 4.57 Å². The zero-order valence-corrected chi connectivity index (χ0v) is 7.27. The van der Waals surface area contributed by atoms with E-state index in [0.29, 0.717) is 0 Å². The van der Waals surface area contributed by atoms with Gasteiger partial charge in [-0.15, -0.1) is 0 Å². The molecule has 2 aliphatic rings. The highest BCUT2D eigenvalue weighted by Gasteiger charge is 2.20. The van der Waals surface area contributed by atoms with Gasteiger partial charge >= 0.3 is 0 Å². The fourth-order valence-electron chi connectivity index (χ4n) is 2.45. The lowest BCUT2D eigenvalue weighted by atomic mass is 10.1. The second-order valence-corrected chi connectivity index (χ2v) is 3.78. The van der Waals surface area contributed by atoms with Crippen LogP contribution in [0, 0.1) is 0 Å². The highest BCUT2D eigenvalue weighted by Crippen LogP contribution is 2.30. The Morgan fingerprint density at radius 3 is 3.25 bits per heavy atom. The van der Waals surface area contributed by atoms with Crippen molar-refractivity contribution in [2.75, 3.05) is 11.9 Å². The van der Waals surface area contributed by atoms with Gasteiger partial charge in [-0.25, -0.2) is 0 Å². The average molecular weight is 162 g/mol. The van der Waals surface area contributed by atoms with Crippen molar-refractivity contribution < 1.29 is 0 Å². The lowest BCUT2D eigenvalue weighted by Gasteiger charge is -2.16. The minimum atomic E-state index is 1.14. The van der Waals surface area contributed by atoms with Crippen molar-refractivity contribution in [3.05, 3.63) is 17.5 Å². The van der Waals surface area contributed by atoms with Crippen LogP contribution in [0.4, 0.5) is 5.69 Å². The molecule has 0 saturated carbocycles. The van der Waals surface area contributed by atoms with Crippen molar-refractivity contribution in [3.63, 3.8) is 0 Å². The SMILES string of the molecule is c1c2c(n3c1CCCC3)CCN2. The van der Waals surface area contributed by atoms with Gasteiger partial charge in [0.15, 0.2) is 0 Å². The van der Waals surface area contributed by atoms with E-state index in [-0.39, 0.29) is 0 Å². The van der Waals surface area contributed by atoms with Crippen LogP contribution in [0.1, 0.15) is 24.2 Å². The molecule has 0 amide bonds. The van der Waals surface area contributed by atoms with Crippen LogP contribution in [0.3, 0.4) is 0 Å². The Morgan fingerprint density at radius 1 is 1.25 bits per heavy atom. The number of hydrogen-bond acceptors (Lipinski definition) is 1. The number of hydrogen-bond donors (Lipinski definition) is 1. The van der Waals surface area contributed by atoms with Crippen molar-refractivity contribution in [2.24, 2.45) is 0 Å². The molecule has 3 heterocycles. The fourth-order valence-corrected chi connectivity index (χ4v) is 2.45. The zero-order chi connectivity index (χ0) is 7.97. The molecule has 1 aromatic rings. The van der Waals surface area contributed by atoms with Crippen LogP contribution in [0.2, 0.25) is 0 Å². The van der Waals surface area contributed by atoms with E-state index in [2.05, 4.69) is 16.0 Å². The third-order valence-electron chi connectivity index (χ3n) is 3.04. The van der Waals surface area contributed by atoms with Gasteiger partial charge < -0.3 is 9.88 Å². The van der Waals surface area contributed by atoms with E-state index < -0.39 is 0 Å². The standard InChI is InChI=1S/C10H14N2/c1-2-6-12-8(3-1)7-9-10(12)4-5-11-9/h7,11H,1-6H2. The van der Waals surface area contributed by atoms with Gasteiger partial charge in [0, 0.05) is 30.9 Å². The minimum absolute atomic E-state index is 1.14. The number of nitrogens with one attached hydrogen (secondary N) is 1. The number of aromatic nitrogens is 1. The molecule has 0 saturated heterocycles. The number of nitrogens with zero attached hydrogens (tertiary/aromatic N) is 1. The Kier molecular flexibility index (Phi) is 1.25. The average Bonchev–Trinajstić information content (AvgIpc) is 2.62. The van der Waals surface area contributed by atoms with Crippen LogP contribution in [-0.2, 0) is 19.4 Å². The number of fused-ring (bicyclic) bond motifs is 3. The first-order valence-corrected chi connectivity index (χ1v) is 4.90. The first-order chi connectivity index (χ1) is 5.95. The van der Waals surface area contributed by atoms with Gasteiger partial charge in [0.25, 0.3) is 0 Å². The smallest absolute Gasteiger partial charge is 0.0556 e. The maximum atomic E-state index is 3.44. The Labute approximate surface area is 72.6 Å². The van der Waals surface area contributed by atoms with Crippen LogP contribution in [-0.4, -0.2) is 11.1 Å². The highest BCUT2D eigenvalue weighted by atomic mass is 15.1. The summed E-state index contributed by atoms with van der Waals surface area (Å²) in [6, 6.07) is 2.35. The molecule has 64 valence electrons. The first-order valence-electron chi connectivity index (χ1n) is 4.90. The minimum Gasteiger partial charge on any atom is -0.383 e. The quantitative estimate of drug-likeness (QED) is 0.615. The van der Waals surface area contributed by atoms with Crippen LogP contribution < -0.4 is 5.32 Å². The summed E-state index contributed by atoms with van der Waals surface area (Å²) in [4.78, 5) is 0. The van der Waals surface area contributed by atoms with Gasteiger partial charge in [0.2, 0.25) is 0 Å². The number of aryl methyl sites for hydroxylation is 1. The molecule has 2 aliphatic heterocycles. The molecule has 0 aromatic carbocycles. The van der Waals surface area contributed by atoms with Crippen LogP contribution in [0.5, 0.6) is 0 Å². The largest absolute Gasteiger partial charge is 0.383 e. The molecule has 0 fully saturated rings. The molecular formula is C10H14N2. The van der Waals surface area contributed by atoms with Gasteiger partial charge in [-0.05, 0) is 25.3 Å². The molecule has 3 rings (SSSR count). The summed E-state index contributed by atoms with van der Waals surface area (Å²) in [5.41, 5.74) is 4.52. The highest BCUT2D eigenvalue weighted by molar-refractivity contribution is 5.55. The normalized spacial score (nSPS) is 20.0. The molecule has 0 bridgehead atoms. The van der Waals surface area contributed by atoms with Crippen molar-refractivity contribution in [3.8, 4) is 0 Å². The van der Waals surface area contributed by atoms with E-state index in [1.54, 1.807) is 11.4 Å². The monoisotopic (exact) mass is 162 g/mol. The predicted octanol–water partition coefficient (Wildman–Crippen LogP) is 1.79. The van der Waals surface area contributed by atoms with Crippen molar-refractivity contribution >= 4 is 5.69 Å². The summed E-state index contributed by atoms with van der Waals surface area (Å²) in [6.07, 6.45) is 5.26. The summed E-state index contributed by atoms with van der Waals surface area (Å²) in [7, 11) is 0. The lowest BCUT2D eigenvalue weighted by molar-refractivity contribution is 0.520. The molecule has 0 radical (unpaired) electrons. The molecule has 1 aromatic heterocycles. The van der Waals surface area contributed by atoms with Crippen LogP contribution in [0.15, 0.2) is 6.07 Å². The molecular weight excluding hydrogens is 148 g/mol. The van der Waals surface area contributed by atoms with Gasteiger partial charge in [-0.2, -0.15) is 0 Å². The maximum absolute atomic E-state index is 3.44. The van der Waals surface area contributed by atoms with Crippen LogP contribution in [0.25, 0.3) is 0 Å². The van der Waals surface area contributed by atoms with Crippen molar-refractivity contribution in [2.45, 2.75) is 32.2 Å². The second kappa shape index (κ2) is 2.28. The molecule has 2 heteroatoms. The molecule has 0 unspecified atom stereocenters. The summed E-state index contributed by atoms with van der Waals surface area (Å²) in [5, 5.41) is 3.44.